The number of ether oxygens (including phenoxy) is 1. The van der Waals surface area contributed by atoms with Gasteiger partial charge in [-0.25, -0.2) is 13.5 Å². The molecule has 2 saturated heterocycles. The van der Waals surface area contributed by atoms with E-state index in [2.05, 4.69) is 10.3 Å². The lowest BCUT2D eigenvalue weighted by molar-refractivity contribution is -0.0561. The Morgan fingerprint density at radius 2 is 2.29 bits per heavy atom. The van der Waals surface area contributed by atoms with Gasteiger partial charge in [0.2, 0.25) is 0 Å². The summed E-state index contributed by atoms with van der Waals surface area (Å²) in [5.74, 6) is -3.41. The van der Waals surface area contributed by atoms with E-state index in [1.807, 2.05) is 0 Å². The molecule has 0 spiro atoms. The molecule has 0 aliphatic carbocycles. The summed E-state index contributed by atoms with van der Waals surface area (Å²) in [6.07, 6.45) is 0.725. The fourth-order valence-electron chi connectivity index (χ4n) is 2.62. The molecule has 1 aromatic rings. The van der Waals surface area contributed by atoms with E-state index in [0.29, 0.717) is 0 Å². The van der Waals surface area contributed by atoms with Gasteiger partial charge in [0, 0.05) is 13.0 Å². The van der Waals surface area contributed by atoms with Crippen LogP contribution < -0.4 is 0 Å². The summed E-state index contributed by atoms with van der Waals surface area (Å²) in [7, 11) is 0. The number of hydrogen-bond acceptors (Lipinski definition) is 5. The van der Waals surface area contributed by atoms with Gasteiger partial charge in [0.05, 0.1) is 26.0 Å². The number of rotatable bonds is 2. The van der Waals surface area contributed by atoms with E-state index in [4.69, 9.17) is 4.74 Å². The van der Waals surface area contributed by atoms with Crippen molar-refractivity contribution in [2.24, 2.45) is 0 Å². The minimum absolute atomic E-state index is 0.00630. The highest BCUT2D eigenvalue weighted by atomic mass is 19.3. The Balaban J connectivity index is 1.72. The molecule has 0 aromatic carbocycles. The van der Waals surface area contributed by atoms with E-state index in [1.165, 1.54) is 10.9 Å². The van der Waals surface area contributed by atoms with Crippen LogP contribution in [0.1, 0.15) is 29.4 Å². The molecular weight excluding hydrogens is 286 g/mol. The Kier molecular flexibility index (Phi) is 3.62. The van der Waals surface area contributed by atoms with Crippen molar-refractivity contribution in [3.05, 3.63) is 11.9 Å². The SMILES string of the molecule is O=C(c1cn([C@@H]2COC[C@H]2O)nn1)N1CCCC(F)(F)C1. The first kappa shape index (κ1) is 14.3. The second-order valence-corrected chi connectivity index (χ2v) is 5.44. The van der Waals surface area contributed by atoms with Gasteiger partial charge in [-0.1, -0.05) is 5.21 Å². The number of carbonyl (C=O) groups excluding carboxylic acids is 1. The predicted molar refractivity (Wildman–Crippen MR) is 66.0 cm³/mol. The van der Waals surface area contributed by atoms with Crippen molar-refractivity contribution < 1.29 is 23.4 Å². The summed E-state index contributed by atoms with van der Waals surface area (Å²) in [6.45, 7) is 0.177. The third-order valence-electron chi connectivity index (χ3n) is 3.77. The zero-order valence-electron chi connectivity index (χ0n) is 11.3. The lowest BCUT2D eigenvalue weighted by Gasteiger charge is -2.31. The van der Waals surface area contributed by atoms with Crippen molar-refractivity contribution in [1.29, 1.82) is 0 Å². The van der Waals surface area contributed by atoms with Gasteiger partial charge in [-0.15, -0.1) is 5.10 Å². The maximum absolute atomic E-state index is 13.3. The summed E-state index contributed by atoms with van der Waals surface area (Å²) in [4.78, 5) is 13.3. The number of halogens is 2. The summed E-state index contributed by atoms with van der Waals surface area (Å²) in [5.41, 5.74) is 0.00630. The monoisotopic (exact) mass is 302 g/mol. The van der Waals surface area contributed by atoms with Gasteiger partial charge >= 0.3 is 0 Å². The van der Waals surface area contributed by atoms with Gasteiger partial charge in [0.1, 0.15) is 12.1 Å². The number of carbonyl (C=O) groups is 1. The Bertz CT molecular complexity index is 536. The highest BCUT2D eigenvalue weighted by Gasteiger charge is 2.38. The maximum Gasteiger partial charge on any atom is 0.276 e. The van der Waals surface area contributed by atoms with Crippen LogP contribution in [0.4, 0.5) is 8.78 Å². The van der Waals surface area contributed by atoms with Crippen molar-refractivity contribution in [2.75, 3.05) is 26.3 Å². The van der Waals surface area contributed by atoms with Gasteiger partial charge < -0.3 is 14.7 Å². The van der Waals surface area contributed by atoms with Crippen LogP contribution in [0.2, 0.25) is 0 Å². The number of amides is 1. The number of nitrogens with zero attached hydrogens (tertiary/aromatic N) is 4. The molecule has 116 valence electrons. The zero-order chi connectivity index (χ0) is 15.0. The fraction of sp³-hybridized carbons (Fsp3) is 0.750. The Morgan fingerprint density at radius 3 is 2.95 bits per heavy atom. The predicted octanol–water partition coefficient (Wildman–Crippen LogP) is 0.0816. The Morgan fingerprint density at radius 1 is 1.48 bits per heavy atom. The number of alkyl halides is 2. The number of aliphatic hydroxyl groups excluding tert-OH is 1. The molecule has 21 heavy (non-hydrogen) atoms. The first-order chi connectivity index (χ1) is 9.96. The molecule has 0 radical (unpaired) electrons. The van der Waals surface area contributed by atoms with Crippen LogP contribution in [0.3, 0.4) is 0 Å². The Labute approximate surface area is 119 Å². The third kappa shape index (κ3) is 2.88. The quantitative estimate of drug-likeness (QED) is 0.837. The molecule has 0 unspecified atom stereocenters. The molecule has 3 heterocycles. The van der Waals surface area contributed by atoms with Crippen molar-refractivity contribution in [2.45, 2.75) is 30.9 Å². The van der Waals surface area contributed by atoms with Gasteiger partial charge in [0.25, 0.3) is 11.8 Å². The summed E-state index contributed by atoms with van der Waals surface area (Å²) in [5, 5.41) is 17.2. The smallest absolute Gasteiger partial charge is 0.276 e. The van der Waals surface area contributed by atoms with Crippen LogP contribution in [-0.2, 0) is 4.74 Å². The molecule has 1 aromatic heterocycles. The molecule has 1 amide bonds. The van der Waals surface area contributed by atoms with E-state index in [-0.39, 0.29) is 38.3 Å². The van der Waals surface area contributed by atoms with Gasteiger partial charge in [-0.3, -0.25) is 4.79 Å². The molecular formula is C12H16F2N4O3. The molecule has 9 heteroatoms. The molecule has 2 aliphatic rings. The largest absolute Gasteiger partial charge is 0.388 e. The molecule has 1 N–H and O–H groups in total. The van der Waals surface area contributed by atoms with Crippen molar-refractivity contribution in [3.8, 4) is 0 Å². The lowest BCUT2D eigenvalue weighted by Crippen LogP contribution is -2.45. The molecule has 2 fully saturated rings. The van der Waals surface area contributed by atoms with E-state index in [9.17, 15) is 18.7 Å². The van der Waals surface area contributed by atoms with Crippen LogP contribution in [0.15, 0.2) is 6.20 Å². The summed E-state index contributed by atoms with van der Waals surface area (Å²) >= 11 is 0. The van der Waals surface area contributed by atoms with Gasteiger partial charge in [-0.05, 0) is 6.42 Å². The third-order valence-corrected chi connectivity index (χ3v) is 3.77. The highest BCUT2D eigenvalue weighted by molar-refractivity contribution is 5.92. The number of aromatic nitrogens is 3. The number of likely N-dealkylation sites (tertiary alicyclic amines) is 1. The summed E-state index contributed by atoms with van der Waals surface area (Å²) in [6, 6.07) is -0.401. The average molecular weight is 302 g/mol. The normalized spacial score (nSPS) is 28.8. The first-order valence-electron chi connectivity index (χ1n) is 6.81. The molecule has 2 aliphatic heterocycles. The van der Waals surface area contributed by atoms with E-state index >= 15 is 0 Å². The van der Waals surface area contributed by atoms with Crippen LogP contribution in [0.25, 0.3) is 0 Å². The zero-order valence-corrected chi connectivity index (χ0v) is 11.3. The minimum atomic E-state index is -2.85. The lowest BCUT2D eigenvalue weighted by atomic mass is 10.1. The van der Waals surface area contributed by atoms with Crippen molar-refractivity contribution in [3.63, 3.8) is 0 Å². The van der Waals surface area contributed by atoms with Gasteiger partial charge in [-0.2, -0.15) is 0 Å². The van der Waals surface area contributed by atoms with E-state index < -0.39 is 30.5 Å². The number of aliphatic hydroxyl groups is 1. The fourth-order valence-corrected chi connectivity index (χ4v) is 2.62. The van der Waals surface area contributed by atoms with Crippen LogP contribution >= 0.6 is 0 Å². The average Bonchev–Trinajstić information content (AvgIpc) is 3.05. The molecule has 2 atom stereocenters. The standard InChI is InChI=1S/C12H16F2N4O3/c13-12(14)2-1-3-17(7-12)11(20)8-4-18(16-15-8)9-5-21-6-10(9)19/h4,9-10,19H,1-3,5-7H2/t9-,10-/m1/s1. The van der Waals surface area contributed by atoms with E-state index in [0.717, 1.165) is 4.90 Å². The van der Waals surface area contributed by atoms with Crippen LogP contribution in [0.5, 0.6) is 0 Å². The molecule has 3 rings (SSSR count). The second-order valence-electron chi connectivity index (χ2n) is 5.44. The topological polar surface area (TPSA) is 80.5 Å². The molecule has 7 nitrogen and oxygen atoms in total. The second kappa shape index (κ2) is 5.30. The highest BCUT2D eigenvalue weighted by Crippen LogP contribution is 2.27. The number of piperidine rings is 1. The molecule has 0 bridgehead atoms. The van der Waals surface area contributed by atoms with Crippen molar-refractivity contribution >= 4 is 5.91 Å². The summed E-state index contributed by atoms with van der Waals surface area (Å²) < 4.78 is 33.2. The molecule has 0 saturated carbocycles. The minimum Gasteiger partial charge on any atom is -0.388 e. The van der Waals surface area contributed by atoms with Crippen LogP contribution in [-0.4, -0.2) is 69.2 Å². The number of hydrogen-bond donors (Lipinski definition) is 1. The Hall–Kier alpha value is -1.61. The van der Waals surface area contributed by atoms with Crippen molar-refractivity contribution in [1.82, 2.24) is 19.9 Å². The van der Waals surface area contributed by atoms with Gasteiger partial charge in [0.15, 0.2) is 5.69 Å². The maximum atomic E-state index is 13.3. The first-order valence-corrected chi connectivity index (χ1v) is 6.81. The van der Waals surface area contributed by atoms with E-state index in [1.54, 1.807) is 0 Å². The van der Waals surface area contributed by atoms with Crippen LogP contribution in [0, 0.1) is 0 Å².